The van der Waals surface area contributed by atoms with Crippen LogP contribution in [0.5, 0.6) is 0 Å². The molecule has 0 amide bonds. The average Bonchev–Trinajstić information content (AvgIpc) is 3.35. The Morgan fingerprint density at radius 2 is 1.54 bits per heavy atom. The van der Waals surface area contributed by atoms with Crippen molar-refractivity contribution in [3.05, 3.63) is 35.9 Å². The first-order chi connectivity index (χ1) is 18.5. The number of fused-ring (bicyclic) bond motifs is 7. The molecule has 0 aromatic heterocycles. The van der Waals surface area contributed by atoms with E-state index in [0.717, 1.165) is 31.2 Å². The Hall–Kier alpha value is -1.84. The predicted molar refractivity (Wildman–Crippen MR) is 152 cm³/mol. The summed E-state index contributed by atoms with van der Waals surface area (Å²) >= 11 is 0. The smallest absolute Gasteiger partial charge is 0.312 e. The van der Waals surface area contributed by atoms with E-state index in [4.69, 9.17) is 9.47 Å². The molecule has 0 bridgehead atoms. The Morgan fingerprint density at radius 3 is 2.28 bits per heavy atom. The molecule has 5 aliphatic rings. The number of carbonyl (C=O) groups is 2. The second kappa shape index (κ2) is 9.62. The van der Waals surface area contributed by atoms with Gasteiger partial charge in [-0.1, -0.05) is 64.4 Å². The minimum absolute atomic E-state index is 0.00648. The van der Waals surface area contributed by atoms with Gasteiger partial charge in [0, 0.05) is 12.3 Å². The number of hydrogen-bond acceptors (Lipinski definition) is 4. The van der Waals surface area contributed by atoms with Crippen molar-refractivity contribution in [2.24, 2.45) is 51.2 Å². The van der Waals surface area contributed by atoms with Crippen LogP contribution in [0.4, 0.5) is 0 Å². The zero-order valence-corrected chi connectivity index (χ0v) is 25.0. The monoisotopic (exact) mass is 534 g/mol. The van der Waals surface area contributed by atoms with Crippen LogP contribution in [0.15, 0.2) is 30.3 Å². The van der Waals surface area contributed by atoms with Gasteiger partial charge in [0.2, 0.25) is 0 Å². The largest absolute Gasteiger partial charge is 0.462 e. The maximum absolute atomic E-state index is 13.8. The first-order valence-corrected chi connectivity index (χ1v) is 15.9. The van der Waals surface area contributed by atoms with Gasteiger partial charge < -0.3 is 9.47 Å². The molecule has 5 aliphatic carbocycles. The summed E-state index contributed by atoms with van der Waals surface area (Å²) in [5.74, 6) is 3.09. The molecule has 4 nitrogen and oxygen atoms in total. The number of hydrogen-bond donors (Lipinski definition) is 0. The first kappa shape index (κ1) is 27.3. The number of ether oxygens (including phenoxy) is 2. The van der Waals surface area contributed by atoms with Gasteiger partial charge in [-0.05, 0) is 110 Å². The van der Waals surface area contributed by atoms with Crippen LogP contribution in [0.25, 0.3) is 0 Å². The van der Waals surface area contributed by atoms with E-state index in [1.165, 1.54) is 44.9 Å². The van der Waals surface area contributed by atoms with Gasteiger partial charge in [0.15, 0.2) is 0 Å². The summed E-state index contributed by atoms with van der Waals surface area (Å²) in [6.45, 7) is 11.9. The lowest BCUT2D eigenvalue weighted by Crippen LogP contribution is -2.63. The molecule has 4 heteroatoms. The predicted octanol–water partition coefficient (Wildman–Crippen LogP) is 8.13. The van der Waals surface area contributed by atoms with Crippen LogP contribution in [-0.2, 0) is 25.7 Å². The number of esters is 2. The molecule has 214 valence electrons. The fourth-order valence-electron chi connectivity index (χ4n) is 11.8. The molecule has 6 rings (SSSR count). The molecule has 1 aromatic rings. The molecular formula is C35H50O4. The van der Waals surface area contributed by atoms with E-state index < -0.39 is 0 Å². The molecular weight excluding hydrogens is 484 g/mol. The van der Waals surface area contributed by atoms with E-state index >= 15 is 0 Å². The highest BCUT2D eigenvalue weighted by atomic mass is 16.5. The summed E-state index contributed by atoms with van der Waals surface area (Å²) in [6, 6.07) is 10.1. The topological polar surface area (TPSA) is 52.6 Å². The molecule has 9 unspecified atom stereocenters. The Balaban J connectivity index is 1.22. The standard InChI is InChI=1S/C35H50O4/c1-23(36)39-30-17-20-34(5)28(32(30,2)3)16-19-33(4)26-15-21-35(31(37)38-22-24-10-7-6-8-11-24)18-9-12-27(35)25(26)13-14-29(33)34/h6-8,10-11,25-30H,9,12-22H2,1-5H3. The Labute approximate surface area is 236 Å². The van der Waals surface area contributed by atoms with Crippen LogP contribution in [0.2, 0.25) is 0 Å². The highest BCUT2D eigenvalue weighted by Crippen LogP contribution is 2.73. The zero-order chi connectivity index (χ0) is 27.6. The number of benzene rings is 1. The van der Waals surface area contributed by atoms with Gasteiger partial charge in [0.05, 0.1) is 5.41 Å². The van der Waals surface area contributed by atoms with Crippen LogP contribution in [-0.4, -0.2) is 18.0 Å². The van der Waals surface area contributed by atoms with Gasteiger partial charge in [-0.3, -0.25) is 9.59 Å². The fourth-order valence-corrected chi connectivity index (χ4v) is 11.8. The summed E-state index contributed by atoms with van der Waals surface area (Å²) in [6.07, 6.45) is 12.8. The summed E-state index contributed by atoms with van der Waals surface area (Å²) in [5, 5.41) is 0. The minimum Gasteiger partial charge on any atom is -0.462 e. The van der Waals surface area contributed by atoms with Crippen molar-refractivity contribution in [2.75, 3.05) is 0 Å². The lowest BCUT2D eigenvalue weighted by atomic mass is 9.36. The molecule has 0 radical (unpaired) electrons. The zero-order valence-electron chi connectivity index (χ0n) is 25.0. The van der Waals surface area contributed by atoms with Crippen molar-refractivity contribution in [3.63, 3.8) is 0 Å². The van der Waals surface area contributed by atoms with Gasteiger partial charge in [-0.15, -0.1) is 0 Å². The fraction of sp³-hybridized carbons (Fsp3) is 0.771. The Kier molecular flexibility index (Phi) is 6.74. The molecule has 0 spiro atoms. The summed E-state index contributed by atoms with van der Waals surface area (Å²) in [5.41, 5.74) is 1.45. The molecule has 1 aromatic carbocycles. The van der Waals surface area contributed by atoms with Crippen molar-refractivity contribution >= 4 is 11.9 Å². The molecule has 5 saturated carbocycles. The number of carbonyl (C=O) groups excluding carboxylic acids is 2. The normalized spacial score (nSPS) is 44.2. The third kappa shape index (κ3) is 4.12. The minimum atomic E-state index is -0.260. The second-order valence-corrected chi connectivity index (χ2v) is 15.2. The summed E-state index contributed by atoms with van der Waals surface area (Å²) < 4.78 is 11.9. The molecule has 39 heavy (non-hydrogen) atoms. The molecule has 0 aliphatic heterocycles. The highest BCUT2D eigenvalue weighted by molar-refractivity contribution is 5.78. The van der Waals surface area contributed by atoms with Crippen molar-refractivity contribution in [3.8, 4) is 0 Å². The maximum Gasteiger partial charge on any atom is 0.312 e. The Bertz CT molecular complexity index is 1100. The van der Waals surface area contributed by atoms with Crippen molar-refractivity contribution in [2.45, 2.75) is 118 Å². The lowest BCUT2D eigenvalue weighted by molar-refractivity contribution is -0.222. The van der Waals surface area contributed by atoms with Gasteiger partial charge in [0.1, 0.15) is 12.7 Å². The van der Waals surface area contributed by atoms with E-state index in [0.29, 0.717) is 41.6 Å². The van der Waals surface area contributed by atoms with Crippen molar-refractivity contribution in [1.29, 1.82) is 0 Å². The third-order valence-electron chi connectivity index (χ3n) is 13.4. The van der Waals surface area contributed by atoms with Gasteiger partial charge in [0.25, 0.3) is 0 Å². The van der Waals surface area contributed by atoms with Crippen molar-refractivity contribution < 1.29 is 19.1 Å². The Morgan fingerprint density at radius 1 is 0.795 bits per heavy atom. The van der Waals surface area contributed by atoms with E-state index in [9.17, 15) is 9.59 Å². The van der Waals surface area contributed by atoms with Crippen LogP contribution in [0, 0.1) is 51.2 Å². The quantitative estimate of drug-likeness (QED) is 0.366. The number of rotatable bonds is 4. The molecule has 9 atom stereocenters. The molecule has 0 N–H and O–H groups in total. The van der Waals surface area contributed by atoms with Crippen molar-refractivity contribution in [1.82, 2.24) is 0 Å². The van der Waals surface area contributed by atoms with Gasteiger partial charge in [-0.25, -0.2) is 0 Å². The van der Waals surface area contributed by atoms with Crippen LogP contribution in [0.3, 0.4) is 0 Å². The van der Waals surface area contributed by atoms with Crippen LogP contribution >= 0.6 is 0 Å². The lowest BCUT2D eigenvalue weighted by Gasteiger charge is -2.69. The van der Waals surface area contributed by atoms with Gasteiger partial charge in [-0.2, -0.15) is 0 Å². The third-order valence-corrected chi connectivity index (χ3v) is 13.4. The van der Waals surface area contributed by atoms with E-state index in [1.807, 2.05) is 30.3 Å². The first-order valence-electron chi connectivity index (χ1n) is 15.9. The van der Waals surface area contributed by atoms with Gasteiger partial charge >= 0.3 is 11.9 Å². The maximum atomic E-state index is 13.8. The molecule has 0 heterocycles. The average molecular weight is 535 g/mol. The van der Waals surface area contributed by atoms with Crippen LogP contribution in [0.1, 0.15) is 111 Å². The molecule has 0 saturated heterocycles. The van der Waals surface area contributed by atoms with E-state index in [-0.39, 0.29) is 34.3 Å². The van der Waals surface area contributed by atoms with Crippen LogP contribution < -0.4 is 0 Å². The SMILES string of the molecule is CC(=O)OC1CCC2(C)C(CCC3(C)C4CCC5(C(=O)OCc6ccccc6)CCCC5C4CCC32)C1(C)C. The van der Waals surface area contributed by atoms with E-state index in [1.54, 1.807) is 6.92 Å². The summed E-state index contributed by atoms with van der Waals surface area (Å²) in [4.78, 5) is 25.7. The second-order valence-electron chi connectivity index (χ2n) is 15.2. The molecule has 5 fully saturated rings. The van der Waals surface area contributed by atoms with E-state index in [2.05, 4.69) is 27.7 Å². The highest BCUT2D eigenvalue weighted by Gasteiger charge is 2.67. The summed E-state index contributed by atoms with van der Waals surface area (Å²) in [7, 11) is 0.